The Hall–Kier alpha value is -5.24. The first-order valence-corrected chi connectivity index (χ1v) is 18.9. The Labute approximate surface area is 297 Å². The average Bonchev–Trinajstić information content (AvgIpc) is 3.65. The highest BCUT2D eigenvalue weighted by Gasteiger charge is 2.37. The highest BCUT2D eigenvalue weighted by molar-refractivity contribution is 7.25. The zero-order valence-electron chi connectivity index (χ0n) is 28.8. The SMILES string of the molecule is CCCCc1ccc2ccc3c(c2c1)C(C)(C)c1cc(-c2c4ccccc4c(-c4cccc5sc6ccccc6c45)c4ccccc24)ccc1-3. The van der Waals surface area contributed by atoms with Crippen LogP contribution < -0.4 is 0 Å². The molecule has 50 heavy (non-hydrogen) atoms. The monoisotopic (exact) mass is 658 g/mol. The van der Waals surface area contributed by atoms with E-state index in [0.717, 1.165) is 6.42 Å². The van der Waals surface area contributed by atoms with Crippen molar-refractivity contribution in [1.82, 2.24) is 0 Å². The molecule has 0 radical (unpaired) electrons. The first-order valence-electron chi connectivity index (χ1n) is 18.1. The van der Waals surface area contributed by atoms with Crippen molar-refractivity contribution in [2.45, 2.75) is 45.4 Å². The second-order valence-electron chi connectivity index (χ2n) is 14.7. The molecule has 0 atom stereocenters. The van der Waals surface area contributed by atoms with Gasteiger partial charge < -0.3 is 0 Å². The summed E-state index contributed by atoms with van der Waals surface area (Å²) in [6.07, 6.45) is 3.59. The van der Waals surface area contributed by atoms with Crippen LogP contribution in [0.15, 0.2) is 140 Å². The lowest BCUT2D eigenvalue weighted by molar-refractivity contribution is 0.666. The van der Waals surface area contributed by atoms with Crippen LogP contribution in [0.25, 0.3) is 85.9 Å². The quantitative estimate of drug-likeness (QED) is 0.161. The van der Waals surface area contributed by atoms with E-state index in [1.165, 1.54) is 115 Å². The van der Waals surface area contributed by atoms with Crippen LogP contribution in [0.4, 0.5) is 0 Å². The van der Waals surface area contributed by atoms with Gasteiger partial charge in [0.1, 0.15) is 0 Å². The molecule has 0 saturated carbocycles. The van der Waals surface area contributed by atoms with Crippen molar-refractivity contribution in [2.75, 3.05) is 0 Å². The molecular formula is C49H38S. The molecule has 240 valence electrons. The second kappa shape index (κ2) is 11.1. The van der Waals surface area contributed by atoms with E-state index in [4.69, 9.17) is 0 Å². The van der Waals surface area contributed by atoms with Gasteiger partial charge in [-0.3, -0.25) is 0 Å². The van der Waals surface area contributed by atoms with Gasteiger partial charge in [-0.25, -0.2) is 0 Å². The van der Waals surface area contributed by atoms with E-state index in [0.29, 0.717) is 0 Å². The molecule has 0 N–H and O–H groups in total. The molecule has 0 fully saturated rings. The number of hydrogen-bond donors (Lipinski definition) is 0. The van der Waals surface area contributed by atoms with Crippen molar-refractivity contribution < 1.29 is 0 Å². The Morgan fingerprint density at radius 3 is 1.90 bits per heavy atom. The largest absolute Gasteiger partial charge is 0.135 e. The third-order valence-electron chi connectivity index (χ3n) is 11.4. The number of benzene rings is 8. The summed E-state index contributed by atoms with van der Waals surface area (Å²) in [6, 6.07) is 53.0. The molecule has 1 heteroatoms. The predicted molar refractivity (Wildman–Crippen MR) is 219 cm³/mol. The minimum atomic E-state index is -0.120. The van der Waals surface area contributed by atoms with E-state index in [1.807, 2.05) is 11.3 Å². The summed E-state index contributed by atoms with van der Waals surface area (Å²) in [5.41, 5.74) is 12.2. The van der Waals surface area contributed by atoms with E-state index in [-0.39, 0.29) is 5.41 Å². The Bertz CT molecular complexity index is 2770. The molecule has 0 nitrogen and oxygen atoms in total. The van der Waals surface area contributed by atoms with E-state index >= 15 is 0 Å². The molecule has 0 aliphatic heterocycles. The molecule has 1 aliphatic carbocycles. The Morgan fingerprint density at radius 1 is 0.520 bits per heavy atom. The smallest absolute Gasteiger partial charge is 0.0361 e. The van der Waals surface area contributed by atoms with Crippen molar-refractivity contribution in [3.8, 4) is 33.4 Å². The summed E-state index contributed by atoms with van der Waals surface area (Å²) >= 11 is 1.89. The lowest BCUT2D eigenvalue weighted by atomic mass is 9.78. The summed E-state index contributed by atoms with van der Waals surface area (Å²) in [5.74, 6) is 0. The third kappa shape index (κ3) is 4.23. The van der Waals surface area contributed by atoms with Crippen molar-refractivity contribution in [1.29, 1.82) is 0 Å². The van der Waals surface area contributed by atoms with Crippen molar-refractivity contribution in [2.24, 2.45) is 0 Å². The van der Waals surface area contributed by atoms with Crippen LogP contribution in [0.3, 0.4) is 0 Å². The number of unbranched alkanes of at least 4 members (excludes halogenated alkanes) is 1. The maximum absolute atomic E-state index is 2.52. The predicted octanol–water partition coefficient (Wildman–Crippen LogP) is 14.5. The van der Waals surface area contributed by atoms with Crippen molar-refractivity contribution in [3.05, 3.63) is 156 Å². The lowest BCUT2D eigenvalue weighted by Gasteiger charge is -2.24. The summed E-state index contributed by atoms with van der Waals surface area (Å²) in [7, 11) is 0. The van der Waals surface area contributed by atoms with Crippen molar-refractivity contribution >= 4 is 63.8 Å². The minimum Gasteiger partial charge on any atom is -0.135 e. The van der Waals surface area contributed by atoms with Crippen LogP contribution in [0.2, 0.25) is 0 Å². The molecule has 10 rings (SSSR count). The van der Waals surface area contributed by atoms with Gasteiger partial charge in [0.05, 0.1) is 0 Å². The fourth-order valence-corrected chi connectivity index (χ4v) is 10.2. The molecule has 0 saturated heterocycles. The Balaban J connectivity index is 1.22. The summed E-state index contributed by atoms with van der Waals surface area (Å²) in [5, 5.41) is 10.7. The fourth-order valence-electron chi connectivity index (χ4n) is 9.10. The van der Waals surface area contributed by atoms with Gasteiger partial charge in [-0.1, -0.05) is 149 Å². The third-order valence-corrected chi connectivity index (χ3v) is 12.5. The molecule has 1 heterocycles. The van der Waals surface area contributed by atoms with E-state index in [1.54, 1.807) is 0 Å². The van der Waals surface area contributed by atoms with Crippen LogP contribution >= 0.6 is 11.3 Å². The number of hydrogen-bond acceptors (Lipinski definition) is 1. The van der Waals surface area contributed by atoms with Gasteiger partial charge in [-0.2, -0.15) is 0 Å². The zero-order valence-corrected chi connectivity index (χ0v) is 29.6. The van der Waals surface area contributed by atoms with Crippen molar-refractivity contribution in [3.63, 3.8) is 0 Å². The van der Waals surface area contributed by atoms with Gasteiger partial charge in [0.15, 0.2) is 0 Å². The normalized spacial score (nSPS) is 13.5. The van der Waals surface area contributed by atoms with Gasteiger partial charge in [-0.15, -0.1) is 11.3 Å². The summed E-state index contributed by atoms with van der Waals surface area (Å²) in [6.45, 7) is 7.15. The molecule has 1 aromatic heterocycles. The zero-order chi connectivity index (χ0) is 33.6. The first kappa shape index (κ1) is 29.7. The number of aryl methyl sites for hydroxylation is 1. The van der Waals surface area contributed by atoms with Gasteiger partial charge >= 0.3 is 0 Å². The van der Waals surface area contributed by atoms with Gasteiger partial charge in [0, 0.05) is 25.6 Å². The molecule has 1 aliphatic rings. The number of rotatable bonds is 5. The fraction of sp³-hybridized carbons (Fsp3) is 0.143. The van der Waals surface area contributed by atoms with Crippen LogP contribution in [0.5, 0.6) is 0 Å². The van der Waals surface area contributed by atoms with E-state index < -0.39 is 0 Å². The van der Waals surface area contributed by atoms with Gasteiger partial charge in [-0.05, 0) is 113 Å². The number of thiophene rings is 1. The minimum absolute atomic E-state index is 0.120. The molecule has 0 bridgehead atoms. The van der Waals surface area contributed by atoms with E-state index in [9.17, 15) is 0 Å². The lowest BCUT2D eigenvalue weighted by Crippen LogP contribution is -2.15. The molecular weight excluding hydrogens is 621 g/mol. The molecule has 9 aromatic rings. The molecule has 0 amide bonds. The molecule has 0 spiro atoms. The van der Waals surface area contributed by atoms with E-state index in [2.05, 4.69) is 160 Å². The molecule has 8 aromatic carbocycles. The first-order chi connectivity index (χ1) is 24.5. The standard InChI is InChI=1S/C49H38S/c1-4-5-13-30-22-23-31-24-27-38-33-26-25-32(29-42(33)49(2,3)48(38)41(31)28-30)45-34-14-6-8-16-36(34)46(37-17-9-7-15-35(37)45)40-19-12-21-44-47(40)39-18-10-11-20-43(39)50-44/h6-12,14-29H,4-5,13H2,1-3H3. The Kier molecular flexibility index (Phi) is 6.61. The van der Waals surface area contributed by atoms with Gasteiger partial charge in [0.25, 0.3) is 0 Å². The summed E-state index contributed by atoms with van der Waals surface area (Å²) < 4.78 is 2.68. The maximum atomic E-state index is 2.52. The van der Waals surface area contributed by atoms with Crippen LogP contribution in [-0.4, -0.2) is 0 Å². The number of fused-ring (bicyclic) bond motifs is 10. The van der Waals surface area contributed by atoms with Crippen LogP contribution in [-0.2, 0) is 11.8 Å². The average molecular weight is 659 g/mol. The maximum Gasteiger partial charge on any atom is 0.0361 e. The topological polar surface area (TPSA) is 0 Å². The van der Waals surface area contributed by atoms with Crippen LogP contribution in [0, 0.1) is 0 Å². The van der Waals surface area contributed by atoms with Crippen LogP contribution in [0.1, 0.15) is 50.3 Å². The van der Waals surface area contributed by atoms with Gasteiger partial charge in [0.2, 0.25) is 0 Å². The highest BCUT2D eigenvalue weighted by Crippen LogP contribution is 2.54. The highest BCUT2D eigenvalue weighted by atomic mass is 32.1. The Morgan fingerprint density at radius 2 is 1.16 bits per heavy atom. The molecule has 0 unspecified atom stereocenters. The second-order valence-corrected chi connectivity index (χ2v) is 15.7. The summed E-state index contributed by atoms with van der Waals surface area (Å²) in [4.78, 5) is 0.